The standard InChI is InChI=1S/C21H15Cl2N5O/c1-12-16(20(24)28-21(27-12)25-11-26-28)8-9-19(29)17-7-4-14(10-18(17)23)13-2-5-15(22)6-3-13/h2-7,10-11,19,29H,24H2,1H3/t19-/m1/s1. The molecule has 4 rings (SSSR count). The highest BCUT2D eigenvalue weighted by Gasteiger charge is 2.13. The summed E-state index contributed by atoms with van der Waals surface area (Å²) in [5.41, 5.74) is 9.59. The minimum Gasteiger partial charge on any atom is -0.382 e. The molecule has 2 heterocycles. The highest BCUT2D eigenvalue weighted by molar-refractivity contribution is 6.32. The van der Waals surface area contributed by atoms with E-state index in [1.54, 1.807) is 19.1 Å². The van der Waals surface area contributed by atoms with E-state index in [-0.39, 0.29) is 0 Å². The monoisotopic (exact) mass is 423 g/mol. The Balaban J connectivity index is 1.65. The number of rotatable bonds is 2. The molecule has 0 aliphatic rings. The first-order valence-electron chi connectivity index (χ1n) is 8.65. The zero-order valence-electron chi connectivity index (χ0n) is 15.3. The fourth-order valence-electron chi connectivity index (χ4n) is 2.92. The molecule has 0 aliphatic heterocycles. The van der Waals surface area contributed by atoms with Gasteiger partial charge in [-0.1, -0.05) is 59.3 Å². The third kappa shape index (κ3) is 3.76. The lowest BCUT2D eigenvalue weighted by Gasteiger charge is -2.10. The lowest BCUT2D eigenvalue weighted by molar-refractivity contribution is 0.238. The van der Waals surface area contributed by atoms with Crippen molar-refractivity contribution in [2.24, 2.45) is 0 Å². The van der Waals surface area contributed by atoms with Crippen LogP contribution in [0.2, 0.25) is 10.0 Å². The van der Waals surface area contributed by atoms with E-state index < -0.39 is 6.10 Å². The summed E-state index contributed by atoms with van der Waals surface area (Å²) in [4.78, 5) is 8.32. The van der Waals surface area contributed by atoms with Gasteiger partial charge in [0.15, 0.2) is 0 Å². The van der Waals surface area contributed by atoms with Crippen LogP contribution in [-0.4, -0.2) is 24.7 Å². The van der Waals surface area contributed by atoms with Crippen molar-refractivity contribution in [1.82, 2.24) is 19.6 Å². The molecule has 0 radical (unpaired) electrons. The molecule has 0 saturated carbocycles. The van der Waals surface area contributed by atoms with Crippen LogP contribution in [0.25, 0.3) is 16.9 Å². The molecular weight excluding hydrogens is 409 g/mol. The van der Waals surface area contributed by atoms with E-state index in [4.69, 9.17) is 28.9 Å². The summed E-state index contributed by atoms with van der Waals surface area (Å²) in [5.74, 6) is 6.38. The number of aliphatic hydroxyl groups excluding tert-OH is 1. The Hall–Kier alpha value is -3.11. The Labute approximate surface area is 176 Å². The molecule has 3 N–H and O–H groups in total. The molecule has 2 aromatic heterocycles. The van der Waals surface area contributed by atoms with Crippen molar-refractivity contribution in [3.63, 3.8) is 0 Å². The van der Waals surface area contributed by atoms with Crippen LogP contribution in [0.15, 0.2) is 48.8 Å². The van der Waals surface area contributed by atoms with Gasteiger partial charge < -0.3 is 10.8 Å². The number of aryl methyl sites for hydroxylation is 1. The Bertz CT molecular complexity index is 1270. The molecule has 0 saturated heterocycles. The zero-order valence-corrected chi connectivity index (χ0v) is 16.8. The van der Waals surface area contributed by atoms with Gasteiger partial charge >= 0.3 is 0 Å². The Kier molecular flexibility index (Phi) is 5.12. The van der Waals surface area contributed by atoms with E-state index in [1.165, 1.54) is 10.8 Å². The van der Waals surface area contributed by atoms with Gasteiger partial charge in [-0.25, -0.2) is 4.98 Å². The lowest BCUT2D eigenvalue weighted by Crippen LogP contribution is -2.06. The number of nitrogens with zero attached hydrogens (tertiary/aromatic N) is 4. The molecule has 1 atom stereocenters. The summed E-state index contributed by atoms with van der Waals surface area (Å²) >= 11 is 12.3. The quantitative estimate of drug-likeness (QED) is 0.474. The number of hydrogen-bond acceptors (Lipinski definition) is 5. The van der Waals surface area contributed by atoms with Gasteiger partial charge in [-0.3, -0.25) is 0 Å². The number of halogens is 2. The third-order valence-corrected chi connectivity index (χ3v) is 5.03. The molecule has 0 amide bonds. The normalized spacial score (nSPS) is 11.9. The number of hydrogen-bond donors (Lipinski definition) is 2. The summed E-state index contributed by atoms with van der Waals surface area (Å²) in [5, 5.41) is 15.6. The molecule has 8 heteroatoms. The number of fused-ring (bicyclic) bond motifs is 1. The second-order valence-corrected chi connectivity index (χ2v) is 7.19. The van der Waals surface area contributed by atoms with Crippen molar-refractivity contribution in [2.45, 2.75) is 13.0 Å². The van der Waals surface area contributed by atoms with Crippen molar-refractivity contribution in [2.75, 3.05) is 5.73 Å². The van der Waals surface area contributed by atoms with Crippen LogP contribution in [0, 0.1) is 18.8 Å². The highest BCUT2D eigenvalue weighted by Crippen LogP contribution is 2.30. The largest absolute Gasteiger partial charge is 0.382 e. The number of aliphatic hydroxyl groups is 1. The van der Waals surface area contributed by atoms with Gasteiger partial charge in [-0.2, -0.15) is 14.6 Å². The van der Waals surface area contributed by atoms with Gasteiger partial charge in [0.1, 0.15) is 18.2 Å². The van der Waals surface area contributed by atoms with Gasteiger partial charge in [0.2, 0.25) is 0 Å². The van der Waals surface area contributed by atoms with Crippen molar-refractivity contribution < 1.29 is 5.11 Å². The number of nitrogens with two attached hydrogens (primary N) is 1. The van der Waals surface area contributed by atoms with Crippen molar-refractivity contribution >= 4 is 34.8 Å². The first-order chi connectivity index (χ1) is 13.9. The fraction of sp³-hybridized carbons (Fsp3) is 0.0952. The van der Waals surface area contributed by atoms with E-state index in [1.807, 2.05) is 30.3 Å². The predicted octanol–water partition coefficient (Wildman–Crippen LogP) is 4.07. The maximum Gasteiger partial charge on any atom is 0.254 e. The summed E-state index contributed by atoms with van der Waals surface area (Å²) in [6.07, 6.45) is 0.277. The molecule has 6 nitrogen and oxygen atoms in total. The smallest absolute Gasteiger partial charge is 0.254 e. The summed E-state index contributed by atoms with van der Waals surface area (Å²) in [7, 11) is 0. The molecule has 29 heavy (non-hydrogen) atoms. The maximum atomic E-state index is 10.5. The van der Waals surface area contributed by atoms with E-state index >= 15 is 0 Å². The second-order valence-electron chi connectivity index (χ2n) is 6.34. The number of aromatic nitrogens is 4. The molecule has 0 unspecified atom stereocenters. The molecule has 0 aliphatic carbocycles. The van der Waals surface area contributed by atoms with Crippen LogP contribution in [0.5, 0.6) is 0 Å². The number of nitrogen functional groups attached to an aromatic ring is 1. The third-order valence-electron chi connectivity index (χ3n) is 4.45. The second kappa shape index (κ2) is 7.72. The average Bonchev–Trinajstić information content (AvgIpc) is 3.16. The van der Waals surface area contributed by atoms with Gasteiger partial charge in [0, 0.05) is 15.6 Å². The summed E-state index contributed by atoms with van der Waals surface area (Å²) in [6.45, 7) is 1.77. The summed E-state index contributed by atoms with van der Waals surface area (Å²) < 4.78 is 1.40. The van der Waals surface area contributed by atoms with E-state index in [0.717, 1.165) is 11.1 Å². The average molecular weight is 424 g/mol. The Morgan fingerprint density at radius 1 is 1.10 bits per heavy atom. The molecule has 0 fully saturated rings. The first-order valence-corrected chi connectivity index (χ1v) is 9.40. The Morgan fingerprint density at radius 2 is 1.83 bits per heavy atom. The molecule has 0 bridgehead atoms. The Morgan fingerprint density at radius 3 is 2.55 bits per heavy atom. The predicted molar refractivity (Wildman–Crippen MR) is 114 cm³/mol. The minimum absolute atomic E-state index is 0.314. The van der Waals surface area contributed by atoms with Crippen LogP contribution < -0.4 is 5.73 Å². The number of benzene rings is 2. The number of anilines is 1. The minimum atomic E-state index is -1.09. The molecular formula is C21H15Cl2N5O. The molecule has 2 aromatic carbocycles. The van der Waals surface area contributed by atoms with Crippen LogP contribution in [0.4, 0.5) is 5.82 Å². The SMILES string of the molecule is Cc1nc2ncnn2c(N)c1C#C[C@@H](O)c1ccc(-c2ccc(Cl)cc2)cc1Cl. The van der Waals surface area contributed by atoms with E-state index in [2.05, 4.69) is 26.9 Å². The van der Waals surface area contributed by atoms with Gasteiger partial charge in [0.25, 0.3) is 5.78 Å². The van der Waals surface area contributed by atoms with Crippen molar-refractivity contribution in [3.05, 3.63) is 75.7 Å². The molecule has 144 valence electrons. The fourth-order valence-corrected chi connectivity index (χ4v) is 3.33. The maximum absolute atomic E-state index is 10.5. The topological polar surface area (TPSA) is 89.3 Å². The van der Waals surface area contributed by atoms with E-state index in [0.29, 0.717) is 38.5 Å². The van der Waals surface area contributed by atoms with Crippen LogP contribution in [-0.2, 0) is 0 Å². The lowest BCUT2D eigenvalue weighted by atomic mass is 10.0. The molecule has 4 aromatic rings. The molecule has 0 spiro atoms. The van der Waals surface area contributed by atoms with Gasteiger partial charge in [0.05, 0.1) is 11.3 Å². The highest BCUT2D eigenvalue weighted by atomic mass is 35.5. The van der Waals surface area contributed by atoms with Gasteiger partial charge in [-0.15, -0.1) is 0 Å². The van der Waals surface area contributed by atoms with Crippen LogP contribution in [0.3, 0.4) is 0 Å². The first kappa shape index (κ1) is 19.2. The summed E-state index contributed by atoms with van der Waals surface area (Å²) in [6, 6.07) is 12.8. The van der Waals surface area contributed by atoms with Gasteiger partial charge in [-0.05, 0) is 36.2 Å². The van der Waals surface area contributed by atoms with Crippen LogP contribution in [0.1, 0.15) is 22.9 Å². The zero-order chi connectivity index (χ0) is 20.5. The van der Waals surface area contributed by atoms with Crippen molar-refractivity contribution in [3.8, 4) is 23.0 Å². The van der Waals surface area contributed by atoms with Crippen LogP contribution >= 0.6 is 23.2 Å². The van der Waals surface area contributed by atoms with Crippen molar-refractivity contribution in [1.29, 1.82) is 0 Å². The van der Waals surface area contributed by atoms with E-state index in [9.17, 15) is 5.11 Å².